The molecule has 1 saturated carbocycles. The molecule has 0 aliphatic heterocycles. The van der Waals surface area contributed by atoms with Crippen LogP contribution >= 0.6 is 11.3 Å². The second-order valence-corrected chi connectivity index (χ2v) is 6.96. The quantitative estimate of drug-likeness (QED) is 0.842. The van der Waals surface area contributed by atoms with Gasteiger partial charge in [0.25, 0.3) is 0 Å². The topological polar surface area (TPSA) is 79.3 Å². The van der Waals surface area contributed by atoms with E-state index >= 15 is 0 Å². The fourth-order valence-corrected chi connectivity index (χ4v) is 4.06. The van der Waals surface area contributed by atoms with Crippen LogP contribution in [0.3, 0.4) is 0 Å². The van der Waals surface area contributed by atoms with E-state index in [9.17, 15) is 9.59 Å². The minimum absolute atomic E-state index is 0.140. The third-order valence-corrected chi connectivity index (χ3v) is 5.40. The van der Waals surface area contributed by atoms with Gasteiger partial charge in [-0.1, -0.05) is 31.0 Å². The largest absolute Gasteiger partial charge is 0.478 e. The fourth-order valence-electron chi connectivity index (χ4n) is 3.07. The number of benzene rings is 1. The number of aromatic nitrogens is 1. The highest BCUT2D eigenvalue weighted by atomic mass is 32.1. The second kappa shape index (κ2) is 7.57. The molecule has 1 aromatic carbocycles. The van der Waals surface area contributed by atoms with Gasteiger partial charge in [-0.25, -0.2) is 9.78 Å². The maximum atomic E-state index is 12.1. The van der Waals surface area contributed by atoms with Crippen LogP contribution in [-0.4, -0.2) is 22.0 Å². The fraction of sp³-hybridized carbons (Fsp3) is 0.389. The summed E-state index contributed by atoms with van der Waals surface area (Å²) in [6.07, 6.45) is 5.17. The number of carbonyl (C=O) groups excluding carboxylic acids is 1. The molecule has 1 heterocycles. The lowest BCUT2D eigenvalue weighted by molar-refractivity contribution is -0.120. The molecule has 0 radical (unpaired) electrons. The van der Waals surface area contributed by atoms with Crippen LogP contribution in [0.4, 0.5) is 0 Å². The van der Waals surface area contributed by atoms with E-state index in [1.165, 1.54) is 31.7 Å². The van der Waals surface area contributed by atoms with Crippen molar-refractivity contribution in [3.8, 4) is 0 Å². The summed E-state index contributed by atoms with van der Waals surface area (Å²) in [6, 6.07) is 6.69. The zero-order chi connectivity index (χ0) is 16.9. The highest BCUT2D eigenvalue weighted by molar-refractivity contribution is 7.09. The molecule has 0 bridgehead atoms. The van der Waals surface area contributed by atoms with Crippen LogP contribution in [0.15, 0.2) is 29.6 Å². The normalized spacial score (nSPS) is 14.7. The first-order valence-electron chi connectivity index (χ1n) is 8.15. The molecule has 5 nitrogen and oxygen atoms in total. The lowest BCUT2D eigenvalue weighted by atomic mass is 10.1. The van der Waals surface area contributed by atoms with Gasteiger partial charge in [-0.05, 0) is 24.5 Å². The van der Waals surface area contributed by atoms with E-state index in [-0.39, 0.29) is 24.4 Å². The maximum absolute atomic E-state index is 12.1. The predicted octanol–water partition coefficient (Wildman–Crippen LogP) is 3.36. The van der Waals surface area contributed by atoms with Crippen LogP contribution in [0.2, 0.25) is 0 Å². The molecular formula is C18H20N2O3S. The zero-order valence-corrected chi connectivity index (χ0v) is 14.1. The van der Waals surface area contributed by atoms with Crippen LogP contribution in [-0.2, 0) is 17.8 Å². The van der Waals surface area contributed by atoms with Crippen LogP contribution in [0.25, 0.3) is 0 Å². The number of rotatable bonds is 6. The SMILES string of the molecule is O=C(Cc1csc(C2CCCC2)n1)NCc1ccccc1C(=O)O. The molecule has 24 heavy (non-hydrogen) atoms. The lowest BCUT2D eigenvalue weighted by Crippen LogP contribution is -2.25. The van der Waals surface area contributed by atoms with Crippen molar-refractivity contribution >= 4 is 23.2 Å². The van der Waals surface area contributed by atoms with Crippen molar-refractivity contribution in [1.82, 2.24) is 10.3 Å². The molecule has 6 heteroatoms. The van der Waals surface area contributed by atoms with Gasteiger partial charge < -0.3 is 10.4 Å². The summed E-state index contributed by atoms with van der Waals surface area (Å²) in [5, 5.41) is 15.0. The number of carboxylic acids is 1. The highest BCUT2D eigenvalue weighted by Crippen LogP contribution is 2.35. The van der Waals surface area contributed by atoms with Crippen LogP contribution < -0.4 is 5.32 Å². The summed E-state index contributed by atoms with van der Waals surface area (Å²) in [5.74, 6) is -0.562. The Kier molecular flexibility index (Phi) is 5.25. The number of carboxylic acid groups (broad SMARTS) is 1. The molecular weight excluding hydrogens is 324 g/mol. The summed E-state index contributed by atoms with van der Waals surface area (Å²) in [4.78, 5) is 27.9. The number of aromatic carboxylic acids is 1. The molecule has 1 aliphatic rings. The first kappa shape index (κ1) is 16.6. The van der Waals surface area contributed by atoms with Crippen molar-refractivity contribution in [2.45, 2.75) is 44.6 Å². The van der Waals surface area contributed by atoms with Crippen LogP contribution in [0.1, 0.15) is 58.2 Å². The van der Waals surface area contributed by atoms with E-state index < -0.39 is 5.97 Å². The van der Waals surface area contributed by atoms with Crippen LogP contribution in [0.5, 0.6) is 0 Å². The molecule has 1 aliphatic carbocycles. The molecule has 3 rings (SSSR count). The second-order valence-electron chi connectivity index (χ2n) is 6.07. The molecule has 0 saturated heterocycles. The molecule has 0 atom stereocenters. The number of amides is 1. The zero-order valence-electron chi connectivity index (χ0n) is 13.3. The van der Waals surface area contributed by atoms with Crippen molar-refractivity contribution in [3.05, 3.63) is 51.5 Å². The molecule has 2 aromatic rings. The number of hydrogen-bond donors (Lipinski definition) is 2. The van der Waals surface area contributed by atoms with E-state index in [1.54, 1.807) is 29.5 Å². The van der Waals surface area contributed by atoms with Gasteiger partial charge in [0.05, 0.1) is 22.7 Å². The van der Waals surface area contributed by atoms with Crippen molar-refractivity contribution in [2.75, 3.05) is 0 Å². The summed E-state index contributed by atoms with van der Waals surface area (Å²) < 4.78 is 0. The smallest absolute Gasteiger partial charge is 0.336 e. The van der Waals surface area contributed by atoms with E-state index in [4.69, 9.17) is 5.11 Å². The van der Waals surface area contributed by atoms with E-state index in [0.717, 1.165) is 10.7 Å². The summed E-state index contributed by atoms with van der Waals surface area (Å²) in [5.41, 5.74) is 1.61. The number of carbonyl (C=O) groups is 2. The lowest BCUT2D eigenvalue weighted by Gasteiger charge is -2.07. The number of nitrogens with zero attached hydrogens (tertiary/aromatic N) is 1. The van der Waals surface area contributed by atoms with Gasteiger partial charge in [0, 0.05) is 17.8 Å². The van der Waals surface area contributed by atoms with Crippen LogP contribution in [0, 0.1) is 0 Å². The Balaban J connectivity index is 1.55. The molecule has 0 unspecified atom stereocenters. The maximum Gasteiger partial charge on any atom is 0.336 e. The molecule has 2 N–H and O–H groups in total. The third kappa shape index (κ3) is 4.00. The summed E-state index contributed by atoms with van der Waals surface area (Å²) >= 11 is 1.64. The van der Waals surface area contributed by atoms with Gasteiger partial charge in [0.1, 0.15) is 0 Å². The predicted molar refractivity (Wildman–Crippen MR) is 92.3 cm³/mol. The first-order valence-corrected chi connectivity index (χ1v) is 9.03. The Labute approximate surface area is 144 Å². The van der Waals surface area contributed by atoms with Gasteiger partial charge in [-0.3, -0.25) is 4.79 Å². The van der Waals surface area contributed by atoms with Crippen molar-refractivity contribution in [3.63, 3.8) is 0 Å². The molecule has 1 amide bonds. The van der Waals surface area contributed by atoms with Gasteiger partial charge in [-0.15, -0.1) is 11.3 Å². The van der Waals surface area contributed by atoms with E-state index in [1.807, 2.05) is 5.38 Å². The molecule has 1 fully saturated rings. The Morgan fingerprint density at radius 3 is 2.75 bits per heavy atom. The monoisotopic (exact) mass is 344 g/mol. The Morgan fingerprint density at radius 2 is 2.00 bits per heavy atom. The average molecular weight is 344 g/mol. The van der Waals surface area contributed by atoms with E-state index in [2.05, 4.69) is 10.3 Å². The molecule has 0 spiro atoms. The van der Waals surface area contributed by atoms with Gasteiger partial charge >= 0.3 is 5.97 Å². The molecule has 126 valence electrons. The Bertz CT molecular complexity index is 735. The molecule has 1 aromatic heterocycles. The van der Waals surface area contributed by atoms with Gasteiger partial charge in [0.2, 0.25) is 5.91 Å². The average Bonchev–Trinajstić information content (AvgIpc) is 3.24. The number of nitrogens with one attached hydrogen (secondary N) is 1. The third-order valence-electron chi connectivity index (χ3n) is 4.34. The van der Waals surface area contributed by atoms with E-state index in [0.29, 0.717) is 11.5 Å². The van der Waals surface area contributed by atoms with Gasteiger partial charge in [-0.2, -0.15) is 0 Å². The minimum Gasteiger partial charge on any atom is -0.478 e. The highest BCUT2D eigenvalue weighted by Gasteiger charge is 2.20. The number of thiazole rings is 1. The minimum atomic E-state index is -0.986. The van der Waals surface area contributed by atoms with Gasteiger partial charge in [0.15, 0.2) is 0 Å². The summed E-state index contributed by atoms with van der Waals surface area (Å²) in [6.45, 7) is 0.209. The number of hydrogen-bond acceptors (Lipinski definition) is 4. The standard InChI is InChI=1S/C18H20N2O3S/c21-16(19-10-13-7-3-4-8-15(13)18(22)23)9-14-11-24-17(20-14)12-5-1-2-6-12/h3-4,7-8,11-12H,1-2,5-6,9-10H2,(H,19,21)(H,22,23). The Hall–Kier alpha value is -2.21. The van der Waals surface area contributed by atoms with Crippen molar-refractivity contribution in [2.24, 2.45) is 0 Å². The first-order chi connectivity index (χ1) is 11.6. The Morgan fingerprint density at radius 1 is 1.25 bits per heavy atom. The summed E-state index contributed by atoms with van der Waals surface area (Å²) in [7, 11) is 0. The van der Waals surface area contributed by atoms with Crippen molar-refractivity contribution < 1.29 is 14.7 Å². The van der Waals surface area contributed by atoms with Crippen molar-refractivity contribution in [1.29, 1.82) is 0 Å².